The van der Waals surface area contributed by atoms with Gasteiger partial charge >= 0.3 is 0 Å². The number of amides is 2. The molecule has 4 rings (SSSR count). The van der Waals surface area contributed by atoms with Crippen LogP contribution in [0.25, 0.3) is 0 Å². The molecule has 0 N–H and O–H groups in total. The Morgan fingerprint density at radius 1 is 1.10 bits per heavy atom. The topological polar surface area (TPSA) is 37.4 Å². The molecule has 1 aromatic rings. The van der Waals surface area contributed by atoms with Crippen LogP contribution >= 0.6 is 0 Å². The molecule has 1 saturated carbocycles. The van der Waals surface area contributed by atoms with Crippen LogP contribution in [0, 0.1) is 36.0 Å². The third-order valence-corrected chi connectivity index (χ3v) is 4.74. The van der Waals surface area contributed by atoms with Gasteiger partial charge in [-0.1, -0.05) is 24.1 Å². The maximum atomic E-state index is 12.6. The summed E-state index contributed by atoms with van der Waals surface area (Å²) in [4.78, 5) is 26.5. The summed E-state index contributed by atoms with van der Waals surface area (Å²) >= 11 is 0. The van der Waals surface area contributed by atoms with Gasteiger partial charge < -0.3 is 0 Å². The van der Waals surface area contributed by atoms with Crippen molar-refractivity contribution < 1.29 is 9.59 Å². The summed E-state index contributed by atoms with van der Waals surface area (Å²) in [6.07, 6.45) is 10.5. The standard InChI is InChI=1S/C17H13NO2/c1-2-10-4-3-5-13(8-10)18-16(19)14-11-6-7-12(9-11)15(14)17(18)20/h1,3-8,11-12,14-15H,9H2/t11-,12+,14+,15-. The molecule has 98 valence electrons. The predicted octanol–water partition coefficient (Wildman–Crippen LogP) is 1.98. The number of fused-ring (bicyclic) bond motifs is 5. The lowest BCUT2D eigenvalue weighted by Gasteiger charge is -2.17. The number of terminal acetylenes is 1. The molecule has 2 aliphatic carbocycles. The zero-order valence-corrected chi connectivity index (χ0v) is 10.8. The van der Waals surface area contributed by atoms with Crippen LogP contribution in [0.2, 0.25) is 0 Å². The Morgan fingerprint density at radius 3 is 2.35 bits per heavy atom. The van der Waals surface area contributed by atoms with Crippen molar-refractivity contribution in [2.75, 3.05) is 4.90 Å². The largest absolute Gasteiger partial charge is 0.274 e. The van der Waals surface area contributed by atoms with Gasteiger partial charge in [-0.2, -0.15) is 0 Å². The first-order valence-corrected chi connectivity index (χ1v) is 6.83. The van der Waals surface area contributed by atoms with Gasteiger partial charge in [0.2, 0.25) is 11.8 Å². The fourth-order valence-electron chi connectivity index (χ4n) is 3.89. The number of imide groups is 1. The molecule has 0 spiro atoms. The molecular formula is C17H13NO2. The van der Waals surface area contributed by atoms with Gasteiger partial charge in [0.15, 0.2) is 0 Å². The molecule has 3 aliphatic rings. The van der Waals surface area contributed by atoms with Crippen molar-refractivity contribution in [3.63, 3.8) is 0 Å². The van der Waals surface area contributed by atoms with Gasteiger partial charge in [0.1, 0.15) is 0 Å². The highest BCUT2D eigenvalue weighted by Crippen LogP contribution is 2.53. The van der Waals surface area contributed by atoms with Crippen LogP contribution < -0.4 is 4.90 Å². The SMILES string of the molecule is C#Cc1cccc(N2C(=O)[C@@H]3[C@H](C2=O)[C@H]2C=C[C@@H]3C2)c1. The molecular weight excluding hydrogens is 250 g/mol. The van der Waals surface area contributed by atoms with Crippen molar-refractivity contribution in [1.82, 2.24) is 0 Å². The first-order chi connectivity index (χ1) is 9.70. The number of allylic oxidation sites excluding steroid dienone is 2. The van der Waals surface area contributed by atoms with Crippen molar-refractivity contribution >= 4 is 17.5 Å². The highest BCUT2D eigenvalue weighted by Gasteiger charge is 2.59. The molecule has 3 heteroatoms. The fraction of sp³-hybridized carbons (Fsp3) is 0.294. The van der Waals surface area contributed by atoms with Crippen LogP contribution in [0.15, 0.2) is 36.4 Å². The van der Waals surface area contributed by atoms with E-state index in [2.05, 4.69) is 18.1 Å². The normalized spacial score (nSPS) is 33.6. The van der Waals surface area contributed by atoms with Gasteiger partial charge in [0, 0.05) is 5.56 Å². The Balaban J connectivity index is 1.76. The van der Waals surface area contributed by atoms with Gasteiger partial charge in [-0.25, -0.2) is 4.90 Å². The first-order valence-electron chi connectivity index (χ1n) is 6.83. The maximum Gasteiger partial charge on any atom is 0.238 e. The molecule has 1 heterocycles. The average Bonchev–Trinajstić information content (AvgIpc) is 3.13. The lowest BCUT2D eigenvalue weighted by atomic mass is 9.85. The van der Waals surface area contributed by atoms with Crippen LogP contribution in [0.4, 0.5) is 5.69 Å². The minimum atomic E-state index is -0.160. The second-order valence-electron chi connectivity index (χ2n) is 5.71. The van der Waals surface area contributed by atoms with Crippen LogP contribution in [-0.4, -0.2) is 11.8 Å². The van der Waals surface area contributed by atoms with Crippen molar-refractivity contribution in [3.05, 3.63) is 42.0 Å². The van der Waals surface area contributed by atoms with E-state index in [1.165, 1.54) is 4.90 Å². The smallest absolute Gasteiger partial charge is 0.238 e. The molecule has 0 unspecified atom stereocenters. The molecule has 1 aromatic carbocycles. The Hall–Kier alpha value is -2.34. The Labute approximate surface area is 117 Å². The van der Waals surface area contributed by atoms with Crippen LogP contribution in [-0.2, 0) is 9.59 Å². The summed E-state index contributed by atoms with van der Waals surface area (Å²) in [7, 11) is 0. The van der Waals surface area contributed by atoms with E-state index in [0.717, 1.165) is 6.42 Å². The van der Waals surface area contributed by atoms with Crippen LogP contribution in [0.5, 0.6) is 0 Å². The van der Waals surface area contributed by atoms with Gasteiger partial charge in [-0.15, -0.1) is 6.42 Å². The summed E-state index contributed by atoms with van der Waals surface area (Å²) in [6, 6.07) is 7.08. The van der Waals surface area contributed by atoms with E-state index in [9.17, 15) is 9.59 Å². The number of rotatable bonds is 1. The van der Waals surface area contributed by atoms with Gasteiger partial charge in [-0.3, -0.25) is 9.59 Å². The number of carbonyl (C=O) groups is 2. The third kappa shape index (κ3) is 1.31. The number of hydrogen-bond acceptors (Lipinski definition) is 2. The average molecular weight is 263 g/mol. The van der Waals surface area contributed by atoms with E-state index in [4.69, 9.17) is 6.42 Å². The van der Waals surface area contributed by atoms with Gasteiger partial charge in [0.05, 0.1) is 17.5 Å². The van der Waals surface area contributed by atoms with E-state index in [1.54, 1.807) is 24.3 Å². The minimum Gasteiger partial charge on any atom is -0.274 e. The van der Waals surface area contributed by atoms with Crippen molar-refractivity contribution in [1.29, 1.82) is 0 Å². The molecule has 2 amide bonds. The van der Waals surface area contributed by atoms with Gasteiger partial charge in [0.25, 0.3) is 0 Å². The zero-order chi connectivity index (χ0) is 13.9. The Kier molecular flexibility index (Phi) is 2.20. The first kappa shape index (κ1) is 11.5. The molecule has 4 atom stereocenters. The fourth-order valence-corrected chi connectivity index (χ4v) is 3.89. The minimum absolute atomic E-state index is 0.0639. The van der Waals surface area contributed by atoms with Crippen LogP contribution in [0.3, 0.4) is 0 Å². The summed E-state index contributed by atoms with van der Waals surface area (Å²) in [5.41, 5.74) is 1.28. The van der Waals surface area contributed by atoms with Crippen molar-refractivity contribution in [2.45, 2.75) is 6.42 Å². The van der Waals surface area contributed by atoms with E-state index in [-0.39, 0.29) is 35.5 Å². The lowest BCUT2D eigenvalue weighted by Crippen LogP contribution is -2.32. The molecule has 2 bridgehead atoms. The highest BCUT2D eigenvalue weighted by atomic mass is 16.2. The summed E-state index contributed by atoms with van der Waals surface area (Å²) in [6.45, 7) is 0. The zero-order valence-electron chi connectivity index (χ0n) is 10.8. The second-order valence-corrected chi connectivity index (χ2v) is 5.71. The van der Waals surface area contributed by atoms with Crippen LogP contribution in [0.1, 0.15) is 12.0 Å². The monoisotopic (exact) mass is 263 g/mol. The predicted molar refractivity (Wildman–Crippen MR) is 74.6 cm³/mol. The number of anilines is 1. The molecule has 2 fully saturated rings. The summed E-state index contributed by atoms with van der Waals surface area (Å²) < 4.78 is 0. The number of carbonyl (C=O) groups excluding carboxylic acids is 2. The molecule has 3 nitrogen and oxygen atoms in total. The number of hydrogen-bond donors (Lipinski definition) is 0. The van der Waals surface area contributed by atoms with E-state index in [0.29, 0.717) is 11.3 Å². The maximum absolute atomic E-state index is 12.6. The van der Waals surface area contributed by atoms with Crippen molar-refractivity contribution in [3.8, 4) is 12.3 Å². The Bertz CT molecular complexity index is 667. The molecule has 0 aromatic heterocycles. The number of benzene rings is 1. The molecule has 0 radical (unpaired) electrons. The van der Waals surface area contributed by atoms with E-state index >= 15 is 0 Å². The molecule has 1 saturated heterocycles. The molecule has 20 heavy (non-hydrogen) atoms. The Morgan fingerprint density at radius 2 is 1.75 bits per heavy atom. The summed E-state index contributed by atoms with van der Waals surface area (Å²) in [5.74, 6) is 2.57. The molecule has 1 aliphatic heterocycles. The highest BCUT2D eigenvalue weighted by molar-refractivity contribution is 6.22. The number of nitrogens with zero attached hydrogens (tertiary/aromatic N) is 1. The summed E-state index contributed by atoms with van der Waals surface area (Å²) in [5, 5.41) is 0. The van der Waals surface area contributed by atoms with E-state index in [1.807, 2.05) is 0 Å². The third-order valence-electron chi connectivity index (χ3n) is 4.74. The van der Waals surface area contributed by atoms with Gasteiger partial charge in [-0.05, 0) is 36.5 Å². The second kappa shape index (κ2) is 3.83. The quantitative estimate of drug-likeness (QED) is 0.441. The van der Waals surface area contributed by atoms with E-state index < -0.39 is 0 Å². The lowest BCUT2D eigenvalue weighted by molar-refractivity contribution is -0.123. The van der Waals surface area contributed by atoms with Crippen molar-refractivity contribution in [2.24, 2.45) is 23.7 Å².